The van der Waals surface area contributed by atoms with Crippen molar-refractivity contribution in [1.29, 1.82) is 0 Å². The average molecular weight is 239 g/mol. The maximum absolute atomic E-state index is 11.7. The van der Waals surface area contributed by atoms with E-state index in [9.17, 15) is 4.79 Å². The number of nitrogens with zero attached hydrogens (tertiary/aromatic N) is 1. The molecule has 0 aliphatic carbocycles. The van der Waals surface area contributed by atoms with Crippen LogP contribution in [0.1, 0.15) is 51.1 Å². The van der Waals surface area contributed by atoms with E-state index in [-0.39, 0.29) is 17.2 Å². The summed E-state index contributed by atoms with van der Waals surface area (Å²) in [7, 11) is 0. The Kier molecular flexibility index (Phi) is 3.62. The number of amides is 1. The van der Waals surface area contributed by atoms with Crippen molar-refractivity contribution in [2.45, 2.75) is 45.6 Å². The first kappa shape index (κ1) is 13.7. The molecule has 1 heterocycles. The van der Waals surface area contributed by atoms with Gasteiger partial charge in [0.2, 0.25) is 0 Å². The predicted molar refractivity (Wildman–Crippen MR) is 65.8 cm³/mol. The summed E-state index contributed by atoms with van der Waals surface area (Å²) >= 11 is 0. The molecule has 0 fully saturated rings. The molecule has 0 unspecified atom stereocenters. The van der Waals surface area contributed by atoms with E-state index in [1.54, 1.807) is 6.20 Å². The van der Waals surface area contributed by atoms with Gasteiger partial charge in [0.25, 0.3) is 5.89 Å². The van der Waals surface area contributed by atoms with Crippen LogP contribution in [0.15, 0.2) is 10.6 Å². The molecule has 0 aromatic carbocycles. The Morgan fingerprint density at radius 3 is 2.41 bits per heavy atom. The average Bonchev–Trinajstić information content (AvgIpc) is 2.60. The molecule has 1 aromatic heterocycles. The lowest BCUT2D eigenvalue weighted by atomic mass is 9.94. The van der Waals surface area contributed by atoms with Gasteiger partial charge in [-0.25, -0.2) is 4.98 Å². The first-order chi connectivity index (χ1) is 7.59. The molecule has 1 aromatic rings. The van der Waals surface area contributed by atoms with Gasteiger partial charge in [0.05, 0.1) is 6.20 Å². The van der Waals surface area contributed by atoms with E-state index >= 15 is 0 Å². The molecule has 0 saturated heterocycles. The second-order valence-corrected chi connectivity index (χ2v) is 5.95. The Bertz CT molecular complexity index is 397. The number of carbonyl (C=O) groups is 1. The first-order valence-corrected chi connectivity index (χ1v) is 5.63. The molecule has 0 radical (unpaired) electrons. The molecule has 0 spiro atoms. The van der Waals surface area contributed by atoms with E-state index in [0.29, 0.717) is 12.3 Å². The van der Waals surface area contributed by atoms with E-state index in [4.69, 9.17) is 10.2 Å². The third-order valence-corrected chi connectivity index (χ3v) is 2.14. The molecule has 0 aliphatic heterocycles. The van der Waals surface area contributed by atoms with E-state index in [0.717, 1.165) is 0 Å². The minimum Gasteiger partial charge on any atom is -0.437 e. The number of hydrogen-bond donors (Lipinski definition) is 2. The molecule has 0 atom stereocenters. The fourth-order valence-corrected chi connectivity index (χ4v) is 1.11. The third kappa shape index (κ3) is 4.19. The summed E-state index contributed by atoms with van der Waals surface area (Å²) < 4.78 is 5.41. The van der Waals surface area contributed by atoms with Gasteiger partial charge in [0.15, 0.2) is 0 Å². The van der Waals surface area contributed by atoms with Gasteiger partial charge in [0, 0.05) is 17.5 Å². The van der Waals surface area contributed by atoms with Crippen LogP contribution in [0, 0.1) is 0 Å². The lowest BCUT2D eigenvalue weighted by Crippen LogP contribution is -2.45. The molecule has 5 heteroatoms. The predicted octanol–water partition coefficient (Wildman–Crippen LogP) is 1.44. The fraction of sp³-hybridized carbons (Fsp3) is 0.667. The minimum absolute atomic E-state index is 0.0826. The number of carbonyl (C=O) groups excluding carboxylic acids is 1. The molecule has 1 rings (SSSR count). The SMILES string of the molecule is CC(C)(N)CNC(=O)c1ncc(C(C)(C)C)o1. The van der Waals surface area contributed by atoms with Crippen molar-refractivity contribution >= 4 is 5.91 Å². The second-order valence-electron chi connectivity index (χ2n) is 5.95. The third-order valence-electron chi connectivity index (χ3n) is 2.14. The largest absolute Gasteiger partial charge is 0.437 e. The summed E-state index contributed by atoms with van der Waals surface area (Å²) in [6.07, 6.45) is 1.59. The minimum atomic E-state index is -0.449. The summed E-state index contributed by atoms with van der Waals surface area (Å²) in [4.78, 5) is 15.7. The highest BCUT2D eigenvalue weighted by Crippen LogP contribution is 2.22. The summed E-state index contributed by atoms with van der Waals surface area (Å²) in [6, 6.07) is 0. The first-order valence-electron chi connectivity index (χ1n) is 5.63. The molecule has 17 heavy (non-hydrogen) atoms. The molecule has 3 N–H and O–H groups in total. The van der Waals surface area contributed by atoms with Gasteiger partial charge in [-0.3, -0.25) is 4.79 Å². The molecule has 0 saturated carbocycles. The van der Waals surface area contributed by atoms with Crippen LogP contribution in [0.4, 0.5) is 0 Å². The highest BCUT2D eigenvalue weighted by atomic mass is 16.4. The van der Waals surface area contributed by atoms with Crippen LogP contribution in [0.25, 0.3) is 0 Å². The summed E-state index contributed by atoms with van der Waals surface area (Å²) in [6.45, 7) is 10.0. The van der Waals surface area contributed by atoms with Gasteiger partial charge in [-0.05, 0) is 13.8 Å². The van der Waals surface area contributed by atoms with E-state index in [1.807, 2.05) is 34.6 Å². The van der Waals surface area contributed by atoms with Gasteiger partial charge in [-0.2, -0.15) is 0 Å². The number of rotatable bonds is 3. The molecule has 0 aliphatic rings. The molecule has 0 bridgehead atoms. The van der Waals surface area contributed by atoms with Crippen LogP contribution in [0.3, 0.4) is 0 Å². The van der Waals surface area contributed by atoms with Crippen molar-refractivity contribution in [3.05, 3.63) is 17.8 Å². The molecule has 5 nitrogen and oxygen atoms in total. The number of nitrogens with two attached hydrogens (primary N) is 1. The zero-order chi connectivity index (χ0) is 13.3. The number of aromatic nitrogens is 1. The van der Waals surface area contributed by atoms with Crippen LogP contribution in [0.5, 0.6) is 0 Å². The van der Waals surface area contributed by atoms with Crippen LogP contribution in [0.2, 0.25) is 0 Å². The quantitative estimate of drug-likeness (QED) is 0.836. The topological polar surface area (TPSA) is 81.1 Å². The number of oxazole rings is 1. The Balaban J connectivity index is 2.68. The molecular weight excluding hydrogens is 218 g/mol. The normalized spacial score (nSPS) is 12.6. The lowest BCUT2D eigenvalue weighted by Gasteiger charge is -2.18. The molecular formula is C12H21N3O2. The van der Waals surface area contributed by atoms with E-state index < -0.39 is 5.54 Å². The lowest BCUT2D eigenvalue weighted by molar-refractivity contribution is 0.0908. The van der Waals surface area contributed by atoms with Crippen LogP contribution in [-0.4, -0.2) is 23.0 Å². The smallest absolute Gasteiger partial charge is 0.307 e. The van der Waals surface area contributed by atoms with Crippen molar-refractivity contribution in [2.75, 3.05) is 6.54 Å². The van der Waals surface area contributed by atoms with Gasteiger partial charge in [-0.15, -0.1) is 0 Å². The van der Waals surface area contributed by atoms with Gasteiger partial charge in [0.1, 0.15) is 5.76 Å². The van der Waals surface area contributed by atoms with E-state index in [1.165, 1.54) is 0 Å². The Hall–Kier alpha value is -1.36. The maximum Gasteiger partial charge on any atom is 0.307 e. The Labute approximate surface area is 102 Å². The van der Waals surface area contributed by atoms with Crippen LogP contribution < -0.4 is 11.1 Å². The highest BCUT2D eigenvalue weighted by Gasteiger charge is 2.22. The highest BCUT2D eigenvalue weighted by molar-refractivity contribution is 5.89. The van der Waals surface area contributed by atoms with Gasteiger partial charge in [-0.1, -0.05) is 20.8 Å². The summed E-state index contributed by atoms with van der Waals surface area (Å²) in [5, 5.41) is 2.68. The van der Waals surface area contributed by atoms with Crippen molar-refractivity contribution in [3.8, 4) is 0 Å². The summed E-state index contributed by atoms with van der Waals surface area (Å²) in [5.41, 5.74) is 5.17. The number of hydrogen-bond acceptors (Lipinski definition) is 4. The zero-order valence-corrected chi connectivity index (χ0v) is 11.1. The standard InChI is InChI=1S/C12H21N3O2/c1-11(2,3)8-6-14-10(17-8)9(16)15-7-12(4,5)13/h6H,7,13H2,1-5H3,(H,15,16). The van der Waals surface area contributed by atoms with Crippen molar-refractivity contribution in [3.63, 3.8) is 0 Å². The van der Waals surface area contributed by atoms with Gasteiger partial charge < -0.3 is 15.5 Å². The maximum atomic E-state index is 11.7. The van der Waals surface area contributed by atoms with Crippen molar-refractivity contribution in [2.24, 2.45) is 5.73 Å². The van der Waals surface area contributed by atoms with Crippen molar-refractivity contribution < 1.29 is 9.21 Å². The summed E-state index contributed by atoms with van der Waals surface area (Å²) in [5.74, 6) is 0.438. The van der Waals surface area contributed by atoms with Crippen molar-refractivity contribution in [1.82, 2.24) is 10.3 Å². The Morgan fingerprint density at radius 2 is 2.00 bits per heavy atom. The molecule has 96 valence electrons. The second kappa shape index (κ2) is 4.49. The number of nitrogens with one attached hydrogen (secondary N) is 1. The van der Waals surface area contributed by atoms with Crippen LogP contribution >= 0.6 is 0 Å². The van der Waals surface area contributed by atoms with Crippen LogP contribution in [-0.2, 0) is 5.41 Å². The Morgan fingerprint density at radius 1 is 1.41 bits per heavy atom. The zero-order valence-electron chi connectivity index (χ0n) is 11.1. The van der Waals surface area contributed by atoms with Gasteiger partial charge >= 0.3 is 5.91 Å². The molecule has 1 amide bonds. The van der Waals surface area contributed by atoms with E-state index in [2.05, 4.69) is 10.3 Å². The fourth-order valence-electron chi connectivity index (χ4n) is 1.11. The monoisotopic (exact) mass is 239 g/mol.